The molecule has 2 aliphatic carbocycles. The van der Waals surface area contributed by atoms with Crippen molar-refractivity contribution in [2.45, 2.75) is 24.5 Å². The fourth-order valence-corrected chi connectivity index (χ4v) is 4.52. The number of fused-ring (bicyclic) bond motifs is 1. The molecular formula is C8H10OS. The van der Waals surface area contributed by atoms with E-state index in [0.717, 1.165) is 17.1 Å². The fraction of sp³-hybridized carbons (Fsp3) is 0.875. The number of carbonyl (C=O) groups excluding carboxylic acids is 1. The van der Waals surface area contributed by atoms with Crippen LogP contribution in [-0.4, -0.2) is 10.4 Å². The van der Waals surface area contributed by atoms with Crippen molar-refractivity contribution in [2.75, 3.05) is 0 Å². The van der Waals surface area contributed by atoms with Crippen LogP contribution in [0.2, 0.25) is 0 Å². The van der Waals surface area contributed by atoms with E-state index in [2.05, 4.69) is 0 Å². The number of thioether (sulfide) groups is 1. The molecule has 4 atom stereocenters. The smallest absolute Gasteiger partial charge is 0.192 e. The van der Waals surface area contributed by atoms with Crippen LogP contribution in [0.5, 0.6) is 0 Å². The molecule has 2 saturated carbocycles. The second-order valence-corrected chi connectivity index (χ2v) is 5.06. The number of hydrogen-bond acceptors (Lipinski definition) is 2. The molecule has 3 aliphatic rings. The molecule has 0 aromatic rings. The van der Waals surface area contributed by atoms with Gasteiger partial charge in [0.05, 0.1) is 0 Å². The summed E-state index contributed by atoms with van der Waals surface area (Å²) in [6.07, 6.45) is 3.94. The van der Waals surface area contributed by atoms with Gasteiger partial charge in [0.15, 0.2) is 5.12 Å². The molecule has 1 aliphatic heterocycles. The van der Waals surface area contributed by atoms with E-state index in [1.807, 2.05) is 0 Å². The average molecular weight is 154 g/mol. The lowest BCUT2D eigenvalue weighted by Crippen LogP contribution is -2.15. The number of rotatable bonds is 0. The summed E-state index contributed by atoms with van der Waals surface area (Å²) < 4.78 is 0. The summed E-state index contributed by atoms with van der Waals surface area (Å²) in [4.78, 5) is 11.3. The third kappa shape index (κ3) is 0.503. The van der Waals surface area contributed by atoms with Crippen LogP contribution in [0.1, 0.15) is 19.3 Å². The molecule has 54 valence electrons. The molecule has 3 fully saturated rings. The molecule has 3 rings (SSSR count). The van der Waals surface area contributed by atoms with E-state index in [9.17, 15) is 4.79 Å². The van der Waals surface area contributed by atoms with Crippen molar-refractivity contribution in [3.63, 3.8) is 0 Å². The summed E-state index contributed by atoms with van der Waals surface area (Å²) in [5.74, 6) is 2.23. The van der Waals surface area contributed by atoms with Crippen LogP contribution in [0.3, 0.4) is 0 Å². The van der Waals surface area contributed by atoms with E-state index < -0.39 is 0 Å². The lowest BCUT2D eigenvalue weighted by Gasteiger charge is -2.13. The van der Waals surface area contributed by atoms with Crippen molar-refractivity contribution in [3.8, 4) is 0 Å². The summed E-state index contributed by atoms with van der Waals surface area (Å²) in [6, 6.07) is 0. The van der Waals surface area contributed by atoms with Gasteiger partial charge in [0, 0.05) is 11.2 Å². The Hall–Kier alpha value is 0.0200. The van der Waals surface area contributed by atoms with Crippen molar-refractivity contribution < 1.29 is 4.79 Å². The maximum atomic E-state index is 11.3. The summed E-state index contributed by atoms with van der Waals surface area (Å²) in [6.45, 7) is 0. The van der Waals surface area contributed by atoms with Crippen LogP contribution in [-0.2, 0) is 4.79 Å². The summed E-state index contributed by atoms with van der Waals surface area (Å²) >= 11 is 1.65. The molecule has 0 radical (unpaired) electrons. The maximum absolute atomic E-state index is 11.3. The Kier molecular flexibility index (Phi) is 0.905. The van der Waals surface area contributed by atoms with Crippen molar-refractivity contribution in [1.82, 2.24) is 0 Å². The van der Waals surface area contributed by atoms with E-state index in [-0.39, 0.29) is 0 Å². The molecule has 1 saturated heterocycles. The normalized spacial score (nSPS) is 56.6. The number of carbonyl (C=O) groups is 1. The van der Waals surface area contributed by atoms with Crippen molar-refractivity contribution >= 4 is 16.9 Å². The first kappa shape index (κ1) is 5.64. The molecule has 1 heterocycles. The van der Waals surface area contributed by atoms with Gasteiger partial charge in [-0.3, -0.25) is 4.79 Å². The van der Waals surface area contributed by atoms with Crippen LogP contribution in [0.15, 0.2) is 0 Å². The Labute approximate surface area is 64.6 Å². The Morgan fingerprint density at radius 2 is 2.20 bits per heavy atom. The third-order valence-corrected chi connectivity index (χ3v) is 4.70. The summed E-state index contributed by atoms with van der Waals surface area (Å²) in [5.41, 5.74) is 0. The minimum absolute atomic E-state index is 0.494. The van der Waals surface area contributed by atoms with Gasteiger partial charge in [-0.1, -0.05) is 11.8 Å². The van der Waals surface area contributed by atoms with Crippen LogP contribution in [0, 0.1) is 17.8 Å². The minimum Gasteiger partial charge on any atom is -0.287 e. The highest BCUT2D eigenvalue weighted by molar-refractivity contribution is 8.14. The van der Waals surface area contributed by atoms with E-state index in [4.69, 9.17) is 0 Å². The predicted octanol–water partition coefficient (Wildman–Crippen LogP) is 1.67. The van der Waals surface area contributed by atoms with Crippen LogP contribution >= 0.6 is 11.8 Å². The predicted molar refractivity (Wildman–Crippen MR) is 40.7 cm³/mol. The lowest BCUT2D eigenvalue weighted by molar-refractivity contribution is -0.114. The molecule has 0 amide bonds. The zero-order chi connectivity index (χ0) is 6.72. The minimum atomic E-state index is 0.494. The van der Waals surface area contributed by atoms with E-state index in [1.165, 1.54) is 19.3 Å². The van der Waals surface area contributed by atoms with Gasteiger partial charge < -0.3 is 0 Å². The molecule has 0 aromatic heterocycles. The van der Waals surface area contributed by atoms with Gasteiger partial charge in [-0.05, 0) is 31.1 Å². The molecule has 0 spiro atoms. The van der Waals surface area contributed by atoms with Crippen LogP contribution in [0.25, 0.3) is 0 Å². The Morgan fingerprint density at radius 3 is 2.80 bits per heavy atom. The SMILES string of the molecule is O=C1SC2CC3CC1C2C3. The van der Waals surface area contributed by atoms with E-state index in [0.29, 0.717) is 11.0 Å². The molecule has 0 aromatic carbocycles. The van der Waals surface area contributed by atoms with E-state index in [1.54, 1.807) is 11.8 Å². The zero-order valence-electron chi connectivity index (χ0n) is 5.75. The topological polar surface area (TPSA) is 17.1 Å². The Balaban J connectivity index is 2.05. The molecule has 4 unspecified atom stereocenters. The van der Waals surface area contributed by atoms with Gasteiger partial charge in [-0.15, -0.1) is 0 Å². The maximum Gasteiger partial charge on any atom is 0.192 e. The third-order valence-electron chi connectivity index (χ3n) is 3.32. The Bertz CT molecular complexity index is 199. The highest BCUT2D eigenvalue weighted by atomic mass is 32.2. The zero-order valence-corrected chi connectivity index (χ0v) is 6.56. The van der Waals surface area contributed by atoms with Crippen LogP contribution < -0.4 is 0 Å². The summed E-state index contributed by atoms with van der Waals surface area (Å²) in [7, 11) is 0. The molecule has 10 heavy (non-hydrogen) atoms. The lowest BCUT2D eigenvalue weighted by atomic mass is 9.90. The first-order chi connectivity index (χ1) is 4.84. The molecular weight excluding hydrogens is 144 g/mol. The second-order valence-electron chi connectivity index (χ2n) is 3.82. The first-order valence-corrected chi connectivity index (χ1v) is 4.93. The quantitative estimate of drug-likeness (QED) is 0.528. The van der Waals surface area contributed by atoms with Gasteiger partial charge in [0.2, 0.25) is 0 Å². The second kappa shape index (κ2) is 1.60. The van der Waals surface area contributed by atoms with Gasteiger partial charge >= 0.3 is 0 Å². The first-order valence-electron chi connectivity index (χ1n) is 4.05. The standard InChI is InChI=1S/C8H10OS/c9-8-6-2-4-1-5(6)7(3-4)10-8/h4-7H,1-3H2. The van der Waals surface area contributed by atoms with Crippen LogP contribution in [0.4, 0.5) is 0 Å². The van der Waals surface area contributed by atoms with Crippen molar-refractivity contribution in [1.29, 1.82) is 0 Å². The Morgan fingerprint density at radius 1 is 1.30 bits per heavy atom. The summed E-state index contributed by atoms with van der Waals surface area (Å²) in [5, 5.41) is 1.26. The van der Waals surface area contributed by atoms with Crippen molar-refractivity contribution in [3.05, 3.63) is 0 Å². The molecule has 0 N–H and O–H groups in total. The monoisotopic (exact) mass is 154 g/mol. The molecule has 1 nitrogen and oxygen atoms in total. The van der Waals surface area contributed by atoms with Gasteiger partial charge in [-0.2, -0.15) is 0 Å². The molecule has 2 bridgehead atoms. The van der Waals surface area contributed by atoms with E-state index >= 15 is 0 Å². The van der Waals surface area contributed by atoms with Crippen molar-refractivity contribution in [2.24, 2.45) is 17.8 Å². The molecule has 2 heteroatoms. The van der Waals surface area contributed by atoms with Gasteiger partial charge in [0.1, 0.15) is 0 Å². The highest BCUT2D eigenvalue weighted by Crippen LogP contribution is 2.59. The largest absolute Gasteiger partial charge is 0.287 e. The van der Waals surface area contributed by atoms with Gasteiger partial charge in [-0.25, -0.2) is 0 Å². The van der Waals surface area contributed by atoms with Gasteiger partial charge in [0.25, 0.3) is 0 Å². The average Bonchev–Trinajstić information content (AvgIpc) is 2.44. The highest BCUT2D eigenvalue weighted by Gasteiger charge is 2.54. The number of hydrogen-bond donors (Lipinski definition) is 0. The fourth-order valence-electron chi connectivity index (χ4n) is 2.93.